The van der Waals surface area contributed by atoms with Gasteiger partial charge in [0, 0.05) is 12.6 Å². The van der Waals surface area contributed by atoms with Crippen molar-refractivity contribution in [1.82, 2.24) is 5.32 Å². The highest BCUT2D eigenvalue weighted by Gasteiger charge is 2.34. The van der Waals surface area contributed by atoms with E-state index in [0.717, 1.165) is 25.1 Å². The van der Waals surface area contributed by atoms with Crippen LogP contribution in [0.2, 0.25) is 0 Å². The van der Waals surface area contributed by atoms with E-state index in [-0.39, 0.29) is 0 Å². The fourth-order valence-electron chi connectivity index (χ4n) is 3.67. The summed E-state index contributed by atoms with van der Waals surface area (Å²) in [6.07, 6.45) is 7.90. The SMILES string of the molecule is COc1cccc(C2CC(NCC3(O)CCCCC3)C2)c1. The zero-order valence-corrected chi connectivity index (χ0v) is 13.0. The van der Waals surface area contributed by atoms with E-state index in [2.05, 4.69) is 23.5 Å². The van der Waals surface area contributed by atoms with Gasteiger partial charge >= 0.3 is 0 Å². The Morgan fingerprint density at radius 2 is 2.00 bits per heavy atom. The molecule has 0 bridgehead atoms. The van der Waals surface area contributed by atoms with Gasteiger partial charge in [-0.15, -0.1) is 0 Å². The van der Waals surface area contributed by atoms with Crippen molar-refractivity contribution in [2.24, 2.45) is 0 Å². The molecule has 2 N–H and O–H groups in total. The lowest BCUT2D eigenvalue weighted by atomic mass is 9.75. The van der Waals surface area contributed by atoms with Crippen LogP contribution in [-0.4, -0.2) is 30.4 Å². The minimum absolute atomic E-state index is 0.445. The van der Waals surface area contributed by atoms with Gasteiger partial charge in [0.25, 0.3) is 0 Å². The van der Waals surface area contributed by atoms with E-state index in [4.69, 9.17) is 4.74 Å². The molecule has 2 aliphatic carbocycles. The molecular weight excluding hydrogens is 262 g/mol. The summed E-state index contributed by atoms with van der Waals surface area (Å²) in [7, 11) is 1.72. The van der Waals surface area contributed by atoms with Gasteiger partial charge in [0.1, 0.15) is 5.75 Å². The normalized spacial score (nSPS) is 27.9. The molecule has 21 heavy (non-hydrogen) atoms. The number of methoxy groups -OCH3 is 1. The Balaban J connectivity index is 1.45. The van der Waals surface area contributed by atoms with Crippen LogP contribution in [0.25, 0.3) is 0 Å². The summed E-state index contributed by atoms with van der Waals surface area (Å²) >= 11 is 0. The molecular formula is C18H27NO2. The Kier molecular flexibility index (Phi) is 4.51. The van der Waals surface area contributed by atoms with Crippen LogP contribution in [0.3, 0.4) is 0 Å². The average Bonchev–Trinajstić information content (AvgIpc) is 2.46. The van der Waals surface area contributed by atoms with E-state index in [1.54, 1.807) is 7.11 Å². The number of nitrogens with one attached hydrogen (secondary N) is 1. The molecule has 1 aromatic rings. The first-order chi connectivity index (χ1) is 10.2. The topological polar surface area (TPSA) is 41.5 Å². The monoisotopic (exact) mass is 289 g/mol. The van der Waals surface area contributed by atoms with Crippen LogP contribution in [0.4, 0.5) is 0 Å². The van der Waals surface area contributed by atoms with Gasteiger partial charge in [-0.25, -0.2) is 0 Å². The Hall–Kier alpha value is -1.06. The Bertz CT molecular complexity index is 462. The highest BCUT2D eigenvalue weighted by atomic mass is 16.5. The first-order valence-corrected chi connectivity index (χ1v) is 8.28. The minimum atomic E-state index is -0.445. The molecule has 116 valence electrons. The molecule has 2 aliphatic rings. The number of hydrogen-bond acceptors (Lipinski definition) is 3. The molecule has 2 saturated carbocycles. The lowest BCUT2D eigenvalue weighted by Gasteiger charge is -2.40. The summed E-state index contributed by atoms with van der Waals surface area (Å²) < 4.78 is 5.29. The van der Waals surface area contributed by atoms with Crippen molar-refractivity contribution in [2.75, 3.05) is 13.7 Å². The summed E-state index contributed by atoms with van der Waals surface area (Å²) in [5.74, 6) is 1.58. The molecule has 0 radical (unpaired) electrons. The van der Waals surface area contributed by atoms with Crippen LogP contribution >= 0.6 is 0 Å². The van der Waals surface area contributed by atoms with Crippen LogP contribution in [0, 0.1) is 0 Å². The van der Waals surface area contributed by atoms with Gasteiger partial charge in [0.15, 0.2) is 0 Å². The van der Waals surface area contributed by atoms with Crippen molar-refractivity contribution < 1.29 is 9.84 Å². The summed E-state index contributed by atoms with van der Waals surface area (Å²) in [5, 5.41) is 14.1. The van der Waals surface area contributed by atoms with Crippen molar-refractivity contribution in [3.05, 3.63) is 29.8 Å². The van der Waals surface area contributed by atoms with Gasteiger partial charge in [0.2, 0.25) is 0 Å². The minimum Gasteiger partial charge on any atom is -0.497 e. The molecule has 0 amide bonds. The summed E-state index contributed by atoms with van der Waals surface area (Å²) in [6.45, 7) is 0.766. The predicted molar refractivity (Wildman–Crippen MR) is 84.8 cm³/mol. The third-order valence-electron chi connectivity index (χ3n) is 5.21. The Labute approximate surface area is 127 Å². The van der Waals surface area contributed by atoms with E-state index in [1.165, 1.54) is 37.7 Å². The second kappa shape index (κ2) is 6.37. The van der Waals surface area contributed by atoms with E-state index in [0.29, 0.717) is 12.0 Å². The molecule has 0 heterocycles. The molecule has 0 aliphatic heterocycles. The quantitative estimate of drug-likeness (QED) is 0.874. The smallest absolute Gasteiger partial charge is 0.119 e. The number of ether oxygens (including phenoxy) is 1. The molecule has 0 spiro atoms. The molecule has 0 atom stereocenters. The highest BCUT2D eigenvalue weighted by Crippen LogP contribution is 2.38. The van der Waals surface area contributed by atoms with Crippen molar-refractivity contribution in [3.63, 3.8) is 0 Å². The van der Waals surface area contributed by atoms with Crippen LogP contribution in [0.1, 0.15) is 56.4 Å². The fraction of sp³-hybridized carbons (Fsp3) is 0.667. The maximum atomic E-state index is 10.5. The van der Waals surface area contributed by atoms with E-state index >= 15 is 0 Å². The molecule has 0 unspecified atom stereocenters. The van der Waals surface area contributed by atoms with Crippen molar-refractivity contribution in [2.45, 2.75) is 62.5 Å². The van der Waals surface area contributed by atoms with E-state index in [1.807, 2.05) is 6.07 Å². The number of aliphatic hydroxyl groups is 1. The summed E-state index contributed by atoms with van der Waals surface area (Å²) in [4.78, 5) is 0. The first kappa shape index (κ1) is 14.9. The molecule has 3 heteroatoms. The van der Waals surface area contributed by atoms with Crippen LogP contribution in [-0.2, 0) is 0 Å². The zero-order chi connectivity index (χ0) is 14.7. The lowest BCUT2D eigenvalue weighted by molar-refractivity contribution is -0.000286. The maximum absolute atomic E-state index is 10.5. The van der Waals surface area contributed by atoms with Gasteiger partial charge in [-0.05, 0) is 49.3 Å². The van der Waals surface area contributed by atoms with Crippen molar-refractivity contribution >= 4 is 0 Å². The number of benzene rings is 1. The first-order valence-electron chi connectivity index (χ1n) is 8.28. The summed E-state index contributed by atoms with van der Waals surface area (Å²) in [5.41, 5.74) is 0.933. The summed E-state index contributed by atoms with van der Waals surface area (Å²) in [6, 6.07) is 8.97. The molecule has 0 aromatic heterocycles. The van der Waals surface area contributed by atoms with E-state index in [9.17, 15) is 5.11 Å². The second-order valence-corrected chi connectivity index (χ2v) is 6.81. The maximum Gasteiger partial charge on any atom is 0.119 e. The Morgan fingerprint density at radius 3 is 2.71 bits per heavy atom. The van der Waals surface area contributed by atoms with Gasteiger partial charge in [0.05, 0.1) is 12.7 Å². The largest absolute Gasteiger partial charge is 0.497 e. The van der Waals surface area contributed by atoms with Crippen LogP contribution in [0.15, 0.2) is 24.3 Å². The van der Waals surface area contributed by atoms with Gasteiger partial charge in [-0.2, -0.15) is 0 Å². The average molecular weight is 289 g/mol. The molecule has 3 rings (SSSR count). The predicted octanol–water partition coefficient (Wildman–Crippen LogP) is 3.23. The standard InChI is InChI=1S/C18H27NO2/c1-21-17-7-5-6-14(12-17)15-10-16(11-15)19-13-18(20)8-3-2-4-9-18/h5-7,12,15-16,19-20H,2-4,8-11,13H2,1H3. The molecule has 3 nitrogen and oxygen atoms in total. The van der Waals surface area contributed by atoms with E-state index < -0.39 is 5.60 Å². The molecule has 0 saturated heterocycles. The zero-order valence-electron chi connectivity index (χ0n) is 13.0. The van der Waals surface area contributed by atoms with Crippen molar-refractivity contribution in [1.29, 1.82) is 0 Å². The van der Waals surface area contributed by atoms with Gasteiger partial charge < -0.3 is 15.2 Å². The molecule has 1 aromatic carbocycles. The number of hydrogen-bond donors (Lipinski definition) is 2. The highest BCUT2D eigenvalue weighted by molar-refractivity contribution is 5.32. The van der Waals surface area contributed by atoms with Crippen molar-refractivity contribution in [3.8, 4) is 5.75 Å². The fourth-order valence-corrected chi connectivity index (χ4v) is 3.67. The third kappa shape index (κ3) is 3.58. The number of rotatable bonds is 5. The molecule has 2 fully saturated rings. The second-order valence-electron chi connectivity index (χ2n) is 6.81. The van der Waals surface area contributed by atoms with Gasteiger partial charge in [-0.1, -0.05) is 31.4 Å². The van der Waals surface area contributed by atoms with Crippen LogP contribution < -0.4 is 10.1 Å². The lowest BCUT2D eigenvalue weighted by Crippen LogP contribution is -2.49. The Morgan fingerprint density at radius 1 is 1.24 bits per heavy atom. The third-order valence-corrected chi connectivity index (χ3v) is 5.21. The van der Waals surface area contributed by atoms with Gasteiger partial charge in [-0.3, -0.25) is 0 Å². The van der Waals surface area contributed by atoms with Crippen LogP contribution in [0.5, 0.6) is 5.75 Å².